The summed E-state index contributed by atoms with van der Waals surface area (Å²) in [5.41, 5.74) is 2.85. The third-order valence-electron chi connectivity index (χ3n) is 4.14. The minimum Gasteiger partial charge on any atom is -0.349 e. The van der Waals surface area contributed by atoms with Gasteiger partial charge in [0.2, 0.25) is 0 Å². The first kappa shape index (κ1) is 15.0. The molecule has 1 aromatic carbocycles. The SMILES string of the molecule is Cc1nc(N2CCc3nc(-c4ccccc4)[nH]c3C2)c(Cl)c(=O)[nH]1. The number of H-pyrrole nitrogens is 2. The molecule has 6 nitrogen and oxygen atoms in total. The van der Waals surface area contributed by atoms with Gasteiger partial charge in [-0.25, -0.2) is 9.97 Å². The van der Waals surface area contributed by atoms with Gasteiger partial charge < -0.3 is 14.9 Å². The zero-order chi connectivity index (χ0) is 16.7. The highest BCUT2D eigenvalue weighted by Gasteiger charge is 2.24. The Bertz CT molecular complexity index is 947. The van der Waals surface area contributed by atoms with E-state index in [0.717, 1.165) is 35.7 Å². The monoisotopic (exact) mass is 341 g/mol. The first-order chi connectivity index (χ1) is 11.6. The summed E-state index contributed by atoms with van der Waals surface area (Å²) < 4.78 is 0. The summed E-state index contributed by atoms with van der Waals surface area (Å²) in [4.78, 5) is 29.0. The Kier molecular flexibility index (Phi) is 3.61. The molecule has 0 aliphatic carbocycles. The molecule has 122 valence electrons. The second-order valence-corrected chi connectivity index (χ2v) is 6.22. The number of aromatic nitrogens is 4. The summed E-state index contributed by atoms with van der Waals surface area (Å²) in [6, 6.07) is 10.0. The molecule has 2 aromatic heterocycles. The van der Waals surface area contributed by atoms with Crippen LogP contribution in [0.2, 0.25) is 5.02 Å². The summed E-state index contributed by atoms with van der Waals surface area (Å²) in [6.45, 7) is 3.08. The summed E-state index contributed by atoms with van der Waals surface area (Å²) >= 11 is 6.15. The van der Waals surface area contributed by atoms with Crippen LogP contribution in [0.1, 0.15) is 17.2 Å². The number of anilines is 1. The molecule has 0 saturated carbocycles. The summed E-state index contributed by atoms with van der Waals surface area (Å²) in [5.74, 6) is 1.95. The lowest BCUT2D eigenvalue weighted by atomic mass is 10.1. The van der Waals surface area contributed by atoms with Crippen LogP contribution in [-0.2, 0) is 13.0 Å². The van der Waals surface area contributed by atoms with Gasteiger partial charge in [-0.2, -0.15) is 0 Å². The maximum absolute atomic E-state index is 11.9. The van der Waals surface area contributed by atoms with Crippen molar-refractivity contribution in [3.8, 4) is 11.4 Å². The molecular formula is C17H16ClN5O. The Morgan fingerprint density at radius 3 is 2.75 bits per heavy atom. The van der Waals surface area contributed by atoms with Crippen molar-refractivity contribution in [2.45, 2.75) is 19.9 Å². The molecule has 1 aliphatic heterocycles. The quantitative estimate of drug-likeness (QED) is 0.751. The molecule has 0 atom stereocenters. The fourth-order valence-corrected chi connectivity index (χ4v) is 3.18. The Morgan fingerprint density at radius 2 is 1.96 bits per heavy atom. The Balaban J connectivity index is 1.68. The van der Waals surface area contributed by atoms with Crippen molar-refractivity contribution in [3.63, 3.8) is 0 Å². The van der Waals surface area contributed by atoms with Crippen molar-refractivity contribution < 1.29 is 0 Å². The van der Waals surface area contributed by atoms with E-state index in [1.807, 2.05) is 35.2 Å². The largest absolute Gasteiger partial charge is 0.349 e. The molecule has 4 rings (SSSR count). The minimum atomic E-state index is -0.306. The van der Waals surface area contributed by atoms with E-state index < -0.39 is 0 Å². The highest BCUT2D eigenvalue weighted by atomic mass is 35.5. The normalized spacial score (nSPS) is 13.8. The van der Waals surface area contributed by atoms with Crippen LogP contribution in [0.15, 0.2) is 35.1 Å². The Hall–Kier alpha value is -2.60. The van der Waals surface area contributed by atoms with Crippen molar-refractivity contribution in [2.75, 3.05) is 11.4 Å². The number of nitrogens with one attached hydrogen (secondary N) is 2. The average Bonchev–Trinajstić information content (AvgIpc) is 3.02. The van der Waals surface area contributed by atoms with Gasteiger partial charge in [0.05, 0.1) is 17.9 Å². The van der Waals surface area contributed by atoms with Gasteiger partial charge in [0.15, 0.2) is 5.82 Å². The fourth-order valence-electron chi connectivity index (χ4n) is 2.97. The van der Waals surface area contributed by atoms with Crippen LogP contribution in [0, 0.1) is 6.92 Å². The number of benzene rings is 1. The topological polar surface area (TPSA) is 77.7 Å². The summed E-state index contributed by atoms with van der Waals surface area (Å²) in [5, 5.41) is 0.131. The van der Waals surface area contributed by atoms with E-state index in [2.05, 4.69) is 15.0 Å². The van der Waals surface area contributed by atoms with Crippen molar-refractivity contribution in [3.05, 3.63) is 62.9 Å². The zero-order valence-corrected chi connectivity index (χ0v) is 13.9. The third-order valence-corrected chi connectivity index (χ3v) is 4.48. The molecule has 24 heavy (non-hydrogen) atoms. The lowest BCUT2D eigenvalue weighted by Crippen LogP contribution is -2.33. The maximum Gasteiger partial charge on any atom is 0.271 e. The van der Waals surface area contributed by atoms with Gasteiger partial charge in [-0.1, -0.05) is 41.9 Å². The van der Waals surface area contributed by atoms with Crippen LogP contribution in [-0.4, -0.2) is 26.5 Å². The predicted molar refractivity (Wildman–Crippen MR) is 93.4 cm³/mol. The van der Waals surface area contributed by atoms with Crippen LogP contribution in [0.5, 0.6) is 0 Å². The van der Waals surface area contributed by atoms with Gasteiger partial charge in [-0.15, -0.1) is 0 Å². The number of nitrogens with zero attached hydrogens (tertiary/aromatic N) is 3. The molecule has 3 aromatic rings. The molecule has 0 amide bonds. The van der Waals surface area contributed by atoms with Gasteiger partial charge in [0, 0.05) is 18.5 Å². The number of rotatable bonds is 2. The highest BCUT2D eigenvalue weighted by Crippen LogP contribution is 2.27. The first-order valence-corrected chi connectivity index (χ1v) is 8.14. The standard InChI is InChI=1S/C17H16ClN5O/c1-10-19-16(14(18)17(24)20-10)23-8-7-12-13(9-23)22-15(21-12)11-5-3-2-4-6-11/h2-6H,7-9H2,1H3,(H,21,22)(H,19,20,24). The molecule has 7 heteroatoms. The van der Waals surface area contributed by atoms with Gasteiger partial charge in [0.25, 0.3) is 5.56 Å². The molecule has 2 N–H and O–H groups in total. The van der Waals surface area contributed by atoms with E-state index in [-0.39, 0.29) is 10.6 Å². The van der Waals surface area contributed by atoms with Crippen molar-refractivity contribution >= 4 is 17.4 Å². The van der Waals surface area contributed by atoms with E-state index >= 15 is 0 Å². The molecule has 0 spiro atoms. The number of hydrogen-bond acceptors (Lipinski definition) is 4. The molecule has 3 heterocycles. The second-order valence-electron chi connectivity index (χ2n) is 5.84. The zero-order valence-electron chi connectivity index (χ0n) is 13.1. The minimum absolute atomic E-state index is 0.131. The van der Waals surface area contributed by atoms with Crippen molar-refractivity contribution in [2.24, 2.45) is 0 Å². The molecule has 0 fully saturated rings. The van der Waals surface area contributed by atoms with Crippen LogP contribution >= 0.6 is 11.6 Å². The predicted octanol–water partition coefficient (Wildman–Crippen LogP) is 2.68. The highest BCUT2D eigenvalue weighted by molar-refractivity contribution is 6.32. The van der Waals surface area contributed by atoms with E-state index in [9.17, 15) is 4.79 Å². The number of fused-ring (bicyclic) bond motifs is 1. The van der Waals surface area contributed by atoms with Gasteiger partial charge >= 0.3 is 0 Å². The smallest absolute Gasteiger partial charge is 0.271 e. The lowest BCUT2D eigenvalue weighted by molar-refractivity contribution is 0.697. The number of halogens is 1. The van der Waals surface area contributed by atoms with Crippen LogP contribution in [0.3, 0.4) is 0 Å². The molecular weight excluding hydrogens is 326 g/mol. The first-order valence-electron chi connectivity index (χ1n) is 7.76. The lowest BCUT2D eigenvalue weighted by Gasteiger charge is -2.27. The van der Waals surface area contributed by atoms with E-state index in [1.54, 1.807) is 6.92 Å². The van der Waals surface area contributed by atoms with Crippen LogP contribution in [0.25, 0.3) is 11.4 Å². The number of hydrogen-bond donors (Lipinski definition) is 2. The number of aromatic amines is 2. The summed E-state index contributed by atoms with van der Waals surface area (Å²) in [6.07, 6.45) is 0.780. The van der Waals surface area contributed by atoms with Gasteiger partial charge in [0.1, 0.15) is 16.7 Å². The molecule has 1 aliphatic rings. The molecule has 0 radical (unpaired) electrons. The fraction of sp³-hybridized carbons (Fsp3) is 0.235. The van der Waals surface area contributed by atoms with Crippen molar-refractivity contribution in [1.82, 2.24) is 19.9 Å². The van der Waals surface area contributed by atoms with E-state index in [4.69, 9.17) is 16.6 Å². The van der Waals surface area contributed by atoms with Gasteiger partial charge in [-0.05, 0) is 6.92 Å². The van der Waals surface area contributed by atoms with Crippen LogP contribution in [0.4, 0.5) is 5.82 Å². The molecule has 0 bridgehead atoms. The van der Waals surface area contributed by atoms with E-state index in [1.165, 1.54) is 0 Å². The second kappa shape index (κ2) is 5.79. The third kappa shape index (κ3) is 2.59. The molecule has 0 unspecified atom stereocenters. The van der Waals surface area contributed by atoms with Gasteiger partial charge in [-0.3, -0.25) is 4.79 Å². The van der Waals surface area contributed by atoms with E-state index in [0.29, 0.717) is 18.2 Å². The molecule has 0 saturated heterocycles. The summed E-state index contributed by atoms with van der Waals surface area (Å²) in [7, 11) is 0. The number of aryl methyl sites for hydroxylation is 1. The number of imidazole rings is 1. The average molecular weight is 342 g/mol. The van der Waals surface area contributed by atoms with Crippen molar-refractivity contribution in [1.29, 1.82) is 0 Å². The maximum atomic E-state index is 11.9. The Labute approximate surface area is 143 Å². The van der Waals surface area contributed by atoms with Crippen LogP contribution < -0.4 is 10.5 Å². The Morgan fingerprint density at radius 1 is 1.17 bits per heavy atom.